The number of nitrogens with zero attached hydrogens (tertiary/aromatic N) is 5. The third-order valence-corrected chi connectivity index (χ3v) is 0.214. The van der Waals surface area contributed by atoms with Crippen LogP contribution in [0.1, 0.15) is 0 Å². The first-order valence-electron chi connectivity index (χ1n) is 1.47. The number of rotatable bonds is 2. The number of nitrogens with one attached hydrogen (secondary N) is 1. The zero-order chi connectivity index (χ0) is 5.54. The molecule has 1 N–H and O–H groups in total. The lowest BCUT2D eigenvalue weighted by atomic mass is 11.6. The summed E-state index contributed by atoms with van der Waals surface area (Å²) in [7, 11) is 1.45. The van der Waals surface area contributed by atoms with Gasteiger partial charge in [-0.1, -0.05) is 0 Å². The molecule has 38 valence electrons. The Bertz CT molecular complexity index is 90.4. The van der Waals surface area contributed by atoms with Crippen LogP contribution in [0.4, 0.5) is 0 Å². The highest BCUT2D eigenvalue weighted by atomic mass is 15.6. The Hall–Kier alpha value is -1.20. The summed E-state index contributed by atoms with van der Waals surface area (Å²) in [5.74, 6) is 0. The van der Waals surface area contributed by atoms with Gasteiger partial charge in [0.2, 0.25) is 0 Å². The molecule has 6 heteroatoms. The van der Waals surface area contributed by atoms with E-state index in [1.807, 2.05) is 0 Å². The van der Waals surface area contributed by atoms with Crippen molar-refractivity contribution < 1.29 is 0 Å². The van der Waals surface area contributed by atoms with E-state index >= 15 is 0 Å². The van der Waals surface area contributed by atoms with Crippen LogP contribution in [-0.4, -0.2) is 7.05 Å². The summed E-state index contributed by atoms with van der Waals surface area (Å²) in [6.07, 6.45) is 0. The van der Waals surface area contributed by atoms with Crippen molar-refractivity contribution in [2.45, 2.75) is 0 Å². The Morgan fingerprint density at radius 1 is 1.14 bits per heavy atom. The summed E-state index contributed by atoms with van der Waals surface area (Å²) < 4.78 is 0. The van der Waals surface area contributed by atoms with Gasteiger partial charge in [-0.25, -0.2) is 0 Å². The van der Waals surface area contributed by atoms with Gasteiger partial charge >= 0.3 is 0 Å². The van der Waals surface area contributed by atoms with E-state index in [1.54, 1.807) is 0 Å². The molecule has 0 bridgehead atoms. The van der Waals surface area contributed by atoms with Gasteiger partial charge in [0, 0.05) is 0 Å². The minimum Gasteiger partial charge on any atom is -0.183 e. The van der Waals surface area contributed by atoms with Crippen molar-refractivity contribution in [3.05, 3.63) is 0 Å². The normalized spacial score (nSPS) is 11.0. The molecule has 0 amide bonds. The van der Waals surface area contributed by atoms with Crippen molar-refractivity contribution in [3.8, 4) is 0 Å². The Morgan fingerprint density at radius 3 is 2.29 bits per heavy atom. The van der Waals surface area contributed by atoms with E-state index in [1.165, 1.54) is 7.05 Å². The van der Waals surface area contributed by atoms with E-state index in [2.05, 4.69) is 26.0 Å². The van der Waals surface area contributed by atoms with Crippen LogP contribution in [0.5, 0.6) is 0 Å². The van der Waals surface area contributed by atoms with Gasteiger partial charge < -0.3 is 0 Å². The van der Waals surface area contributed by atoms with Gasteiger partial charge in [0.1, 0.15) is 0 Å². The van der Waals surface area contributed by atoms with Gasteiger partial charge in [-0.05, 0) is 20.9 Å². The lowest BCUT2D eigenvalue weighted by molar-refractivity contribution is 0.821. The van der Waals surface area contributed by atoms with Crippen LogP contribution >= 0.6 is 0 Å². The number of hydrogen-bond donors (Lipinski definition) is 1. The zero-order valence-electron chi connectivity index (χ0n) is 3.74. The summed E-state index contributed by atoms with van der Waals surface area (Å²) in [4.78, 5) is 0. The highest BCUT2D eigenvalue weighted by Crippen LogP contribution is 1.75. The Kier molecular flexibility index (Phi) is 3.98. The van der Waals surface area contributed by atoms with E-state index in [-0.39, 0.29) is 0 Å². The summed E-state index contributed by atoms with van der Waals surface area (Å²) in [6, 6.07) is 0. The third-order valence-electron chi connectivity index (χ3n) is 0.214. The van der Waals surface area contributed by atoms with Gasteiger partial charge in [0.15, 0.2) is 0 Å². The second-order valence-corrected chi connectivity index (χ2v) is 0.568. The second kappa shape index (κ2) is 4.80. The smallest absolute Gasteiger partial charge is 0.0510 e. The topological polar surface area (TPSA) is 85.7 Å². The summed E-state index contributed by atoms with van der Waals surface area (Å²) in [6.45, 7) is 0. The Morgan fingerprint density at radius 2 is 1.86 bits per heavy atom. The molecule has 0 fully saturated rings. The molecular weight excluding hydrogens is 96.1 g/mol. The molecule has 6 nitrogen and oxygen atoms in total. The molecule has 0 radical (unpaired) electrons. The lowest BCUT2D eigenvalue weighted by Gasteiger charge is -1.62. The average Bonchev–Trinajstić information content (AvgIpc) is 1.69. The van der Waals surface area contributed by atoms with E-state index in [4.69, 9.17) is 5.53 Å². The number of hydrogen-bond acceptors (Lipinski definition) is 2. The van der Waals surface area contributed by atoms with E-state index in [0.717, 1.165) is 0 Å². The van der Waals surface area contributed by atoms with Gasteiger partial charge in [-0.15, -0.1) is 0 Å². The maximum Gasteiger partial charge on any atom is 0.0510 e. The second-order valence-electron chi connectivity index (χ2n) is 0.568. The molecule has 0 aliphatic carbocycles. The fraction of sp³-hybridized carbons (Fsp3) is 1.00. The van der Waals surface area contributed by atoms with E-state index in [0.29, 0.717) is 0 Å². The molecular formula is CH4N6. The van der Waals surface area contributed by atoms with Crippen molar-refractivity contribution in [2.75, 3.05) is 7.05 Å². The van der Waals surface area contributed by atoms with Gasteiger partial charge in [0.25, 0.3) is 0 Å². The molecule has 0 unspecified atom stereocenters. The van der Waals surface area contributed by atoms with Crippen LogP contribution in [0.25, 0.3) is 0 Å². The molecule has 0 heterocycles. The van der Waals surface area contributed by atoms with Crippen LogP contribution in [-0.2, 0) is 0 Å². The predicted molar refractivity (Wildman–Crippen MR) is 20.8 cm³/mol. The van der Waals surface area contributed by atoms with Crippen molar-refractivity contribution in [1.29, 1.82) is 5.53 Å². The minimum atomic E-state index is 1.45. The summed E-state index contributed by atoms with van der Waals surface area (Å²) in [5, 5.41) is 14.5. The molecule has 0 aromatic rings. The zero-order valence-corrected chi connectivity index (χ0v) is 3.74. The molecule has 0 spiro atoms. The van der Waals surface area contributed by atoms with Crippen molar-refractivity contribution >= 4 is 0 Å². The molecule has 0 aliphatic rings. The molecule has 0 saturated heterocycles. The highest BCUT2D eigenvalue weighted by molar-refractivity contribution is 4.03. The van der Waals surface area contributed by atoms with Crippen molar-refractivity contribution in [2.24, 2.45) is 26.0 Å². The lowest BCUT2D eigenvalue weighted by Crippen LogP contribution is -1.43. The van der Waals surface area contributed by atoms with Gasteiger partial charge in [-0.2, -0.15) is 10.6 Å². The Balaban J connectivity index is 3.27. The maximum absolute atomic E-state index is 6.04. The quantitative estimate of drug-likeness (QED) is 0.401. The summed E-state index contributed by atoms with van der Waals surface area (Å²) in [5.41, 5.74) is 6.04. The Labute approximate surface area is 39.8 Å². The monoisotopic (exact) mass is 100 g/mol. The first-order chi connectivity index (χ1) is 3.41. The van der Waals surface area contributed by atoms with Crippen LogP contribution in [0.15, 0.2) is 26.0 Å². The third kappa shape index (κ3) is 4.80. The van der Waals surface area contributed by atoms with Crippen molar-refractivity contribution in [3.63, 3.8) is 0 Å². The van der Waals surface area contributed by atoms with Crippen molar-refractivity contribution in [1.82, 2.24) is 0 Å². The molecule has 0 rings (SSSR count). The first kappa shape index (κ1) is 5.80. The fourth-order valence-electron chi connectivity index (χ4n) is 0.0779. The van der Waals surface area contributed by atoms with Crippen LogP contribution in [0.3, 0.4) is 0 Å². The van der Waals surface area contributed by atoms with Gasteiger partial charge in [-0.3, -0.25) is 0 Å². The van der Waals surface area contributed by atoms with Crippen LogP contribution in [0.2, 0.25) is 0 Å². The molecule has 0 aromatic heterocycles. The standard InChI is InChI=1S/CH4N6/c1-3-5-7-6-4-2/h2H,1H3/b4-2?,5-3?,7-6+. The molecule has 0 aromatic carbocycles. The molecule has 7 heavy (non-hydrogen) atoms. The van der Waals surface area contributed by atoms with Crippen LogP contribution in [0, 0.1) is 5.53 Å². The highest BCUT2D eigenvalue weighted by Gasteiger charge is 1.55. The van der Waals surface area contributed by atoms with E-state index < -0.39 is 0 Å². The predicted octanol–water partition coefficient (Wildman–Crippen LogP) is 1.38. The maximum atomic E-state index is 6.04. The van der Waals surface area contributed by atoms with E-state index in [9.17, 15) is 0 Å². The van der Waals surface area contributed by atoms with Crippen LogP contribution < -0.4 is 0 Å². The summed E-state index contributed by atoms with van der Waals surface area (Å²) >= 11 is 0. The SMILES string of the molecule is CN=N/N=N/N=N. The average molecular weight is 100 g/mol. The minimum absolute atomic E-state index is 1.45. The largest absolute Gasteiger partial charge is 0.183 e. The fourth-order valence-corrected chi connectivity index (χ4v) is 0.0779. The first-order valence-corrected chi connectivity index (χ1v) is 1.47. The molecule has 0 saturated carbocycles. The molecule has 0 aliphatic heterocycles. The van der Waals surface area contributed by atoms with Gasteiger partial charge in [0.05, 0.1) is 7.05 Å². The molecule has 0 atom stereocenters.